The van der Waals surface area contributed by atoms with E-state index in [1.165, 1.54) is 18.5 Å². The van der Waals surface area contributed by atoms with Gasteiger partial charge >= 0.3 is 0 Å². The van der Waals surface area contributed by atoms with E-state index in [-0.39, 0.29) is 11.4 Å². The Balaban J connectivity index is 1.82. The van der Waals surface area contributed by atoms with Crippen LogP contribution in [-0.4, -0.2) is 41.9 Å². The number of carbonyl (C=O) groups is 1. The summed E-state index contributed by atoms with van der Waals surface area (Å²) in [6.07, 6.45) is 2.35. The summed E-state index contributed by atoms with van der Waals surface area (Å²) in [5, 5.41) is 4.65. The van der Waals surface area contributed by atoms with Crippen molar-refractivity contribution < 1.29 is 14.3 Å². The summed E-state index contributed by atoms with van der Waals surface area (Å²) in [4.78, 5) is 14.7. The van der Waals surface area contributed by atoms with Gasteiger partial charge < -0.3 is 14.4 Å². The van der Waals surface area contributed by atoms with E-state index >= 15 is 0 Å². The molecule has 146 valence electrons. The van der Waals surface area contributed by atoms with Crippen LogP contribution in [0.4, 0.5) is 0 Å². The predicted molar refractivity (Wildman–Crippen MR) is 105 cm³/mol. The first-order valence-electron chi connectivity index (χ1n) is 9.31. The summed E-state index contributed by atoms with van der Waals surface area (Å²) in [6.45, 7) is 6.79. The first-order chi connectivity index (χ1) is 12.7. The Morgan fingerprint density at radius 2 is 1.93 bits per heavy atom. The van der Waals surface area contributed by atoms with Crippen LogP contribution in [0.1, 0.15) is 61.3 Å². The van der Waals surface area contributed by atoms with Gasteiger partial charge in [0.1, 0.15) is 11.5 Å². The zero-order valence-electron chi connectivity index (χ0n) is 17.1. The Labute approximate surface area is 161 Å². The van der Waals surface area contributed by atoms with Gasteiger partial charge in [0.25, 0.3) is 5.91 Å². The Bertz CT molecular complexity index is 832. The van der Waals surface area contributed by atoms with Crippen molar-refractivity contribution in [1.29, 1.82) is 0 Å². The van der Waals surface area contributed by atoms with E-state index < -0.39 is 0 Å². The highest BCUT2D eigenvalue weighted by Gasteiger charge is 2.33. The van der Waals surface area contributed by atoms with E-state index in [1.807, 2.05) is 28.9 Å². The summed E-state index contributed by atoms with van der Waals surface area (Å²) in [5.74, 6) is 1.87. The van der Waals surface area contributed by atoms with Crippen molar-refractivity contribution in [1.82, 2.24) is 14.7 Å². The van der Waals surface area contributed by atoms with Crippen molar-refractivity contribution in [2.45, 2.75) is 51.6 Å². The second-order valence-electron chi connectivity index (χ2n) is 8.15. The Kier molecular flexibility index (Phi) is 5.18. The molecule has 6 heteroatoms. The van der Waals surface area contributed by atoms with Crippen LogP contribution in [0.3, 0.4) is 0 Å². The van der Waals surface area contributed by atoms with E-state index in [2.05, 4.69) is 25.9 Å². The highest BCUT2D eigenvalue weighted by atomic mass is 16.5. The van der Waals surface area contributed by atoms with Crippen LogP contribution >= 0.6 is 0 Å². The number of amides is 1. The standard InChI is InChI=1S/C21H29N3O3/c1-21(2,3)24-18(14-7-8-14)12-17(22-24)20(25)23(4)13-15-9-10-16(26-5)11-19(15)27-6/h9-12,14H,7-8,13H2,1-6H3. The minimum Gasteiger partial charge on any atom is -0.497 e. The second-order valence-corrected chi connectivity index (χ2v) is 8.15. The summed E-state index contributed by atoms with van der Waals surface area (Å²) in [7, 11) is 5.03. The lowest BCUT2D eigenvalue weighted by Gasteiger charge is -2.22. The monoisotopic (exact) mass is 371 g/mol. The summed E-state index contributed by atoms with van der Waals surface area (Å²) < 4.78 is 12.7. The summed E-state index contributed by atoms with van der Waals surface area (Å²) in [6, 6.07) is 7.58. The highest BCUT2D eigenvalue weighted by molar-refractivity contribution is 5.92. The average Bonchev–Trinajstić information content (AvgIpc) is 3.38. The molecular weight excluding hydrogens is 342 g/mol. The molecule has 27 heavy (non-hydrogen) atoms. The molecule has 1 aliphatic carbocycles. The molecule has 0 spiro atoms. The van der Waals surface area contributed by atoms with Gasteiger partial charge in [-0.1, -0.05) is 0 Å². The summed E-state index contributed by atoms with van der Waals surface area (Å²) in [5.41, 5.74) is 2.45. The Hall–Kier alpha value is -2.50. The molecule has 0 radical (unpaired) electrons. The minimum absolute atomic E-state index is 0.0854. The predicted octanol–water partition coefficient (Wildman–Crippen LogP) is 3.80. The molecule has 1 amide bonds. The number of carbonyl (C=O) groups excluding carboxylic acids is 1. The molecule has 0 saturated heterocycles. The van der Waals surface area contributed by atoms with Gasteiger partial charge in [-0.15, -0.1) is 0 Å². The van der Waals surface area contributed by atoms with Crippen LogP contribution in [0.15, 0.2) is 24.3 Å². The minimum atomic E-state index is -0.145. The van der Waals surface area contributed by atoms with Crippen LogP contribution in [-0.2, 0) is 12.1 Å². The maximum absolute atomic E-state index is 13.0. The van der Waals surface area contributed by atoms with Gasteiger partial charge in [-0.3, -0.25) is 9.48 Å². The van der Waals surface area contributed by atoms with Gasteiger partial charge in [0.2, 0.25) is 0 Å². The van der Waals surface area contributed by atoms with Gasteiger partial charge in [0.15, 0.2) is 5.69 Å². The molecular formula is C21H29N3O3. The van der Waals surface area contributed by atoms with Gasteiger partial charge in [-0.25, -0.2) is 0 Å². The molecule has 0 unspecified atom stereocenters. The molecule has 0 atom stereocenters. The third-order valence-electron chi connectivity index (χ3n) is 4.84. The third-order valence-corrected chi connectivity index (χ3v) is 4.84. The van der Waals surface area contributed by atoms with Crippen molar-refractivity contribution in [3.63, 3.8) is 0 Å². The zero-order chi connectivity index (χ0) is 19.8. The zero-order valence-corrected chi connectivity index (χ0v) is 17.1. The molecule has 1 aromatic carbocycles. The third kappa shape index (κ3) is 4.10. The molecule has 1 fully saturated rings. The van der Waals surface area contributed by atoms with Crippen molar-refractivity contribution in [3.8, 4) is 11.5 Å². The molecule has 1 heterocycles. The van der Waals surface area contributed by atoms with Crippen molar-refractivity contribution >= 4 is 5.91 Å². The molecule has 0 bridgehead atoms. The van der Waals surface area contributed by atoms with Crippen LogP contribution in [0.2, 0.25) is 0 Å². The van der Waals surface area contributed by atoms with E-state index in [4.69, 9.17) is 9.47 Å². The molecule has 1 aliphatic rings. The number of hydrogen-bond acceptors (Lipinski definition) is 4. The number of nitrogens with zero attached hydrogens (tertiary/aromatic N) is 3. The first kappa shape index (κ1) is 19.3. The Morgan fingerprint density at radius 1 is 1.22 bits per heavy atom. The van der Waals surface area contributed by atoms with Crippen LogP contribution in [0.25, 0.3) is 0 Å². The smallest absolute Gasteiger partial charge is 0.274 e. The lowest BCUT2D eigenvalue weighted by molar-refractivity contribution is 0.0776. The fourth-order valence-corrected chi connectivity index (χ4v) is 3.21. The number of methoxy groups -OCH3 is 2. The summed E-state index contributed by atoms with van der Waals surface area (Å²) >= 11 is 0. The van der Waals surface area contributed by atoms with Crippen LogP contribution < -0.4 is 9.47 Å². The number of aromatic nitrogens is 2. The fraction of sp³-hybridized carbons (Fsp3) is 0.524. The lowest BCUT2D eigenvalue weighted by atomic mass is 10.1. The van der Waals surface area contributed by atoms with Crippen LogP contribution in [0.5, 0.6) is 11.5 Å². The molecule has 0 N–H and O–H groups in total. The Morgan fingerprint density at radius 3 is 2.48 bits per heavy atom. The number of benzene rings is 1. The van der Waals surface area contributed by atoms with Gasteiger partial charge in [-0.05, 0) is 51.8 Å². The number of ether oxygens (including phenoxy) is 2. The molecule has 2 aromatic rings. The van der Waals surface area contributed by atoms with Crippen LogP contribution in [0, 0.1) is 0 Å². The van der Waals surface area contributed by atoms with Crippen molar-refractivity contribution in [2.24, 2.45) is 0 Å². The molecule has 6 nitrogen and oxygen atoms in total. The van der Waals surface area contributed by atoms with Gasteiger partial charge in [0.05, 0.1) is 19.8 Å². The normalized spacial score (nSPS) is 14.1. The average molecular weight is 371 g/mol. The van der Waals surface area contributed by atoms with Crippen molar-refractivity contribution in [3.05, 3.63) is 41.2 Å². The maximum atomic E-state index is 13.0. The van der Waals surface area contributed by atoms with E-state index in [9.17, 15) is 4.79 Å². The number of rotatable bonds is 6. The SMILES string of the molecule is COc1ccc(CN(C)C(=O)c2cc(C3CC3)n(C(C)(C)C)n2)c(OC)c1. The molecule has 1 aromatic heterocycles. The lowest BCUT2D eigenvalue weighted by Crippen LogP contribution is -2.28. The van der Waals surface area contributed by atoms with E-state index in [0.29, 0.717) is 23.9 Å². The first-order valence-corrected chi connectivity index (χ1v) is 9.31. The molecule has 0 aliphatic heterocycles. The topological polar surface area (TPSA) is 56.6 Å². The quantitative estimate of drug-likeness (QED) is 0.775. The fourth-order valence-electron chi connectivity index (χ4n) is 3.21. The van der Waals surface area contributed by atoms with Crippen molar-refractivity contribution in [2.75, 3.05) is 21.3 Å². The maximum Gasteiger partial charge on any atom is 0.274 e. The largest absolute Gasteiger partial charge is 0.497 e. The number of hydrogen-bond donors (Lipinski definition) is 0. The molecule has 3 rings (SSSR count). The second kappa shape index (κ2) is 7.25. The van der Waals surface area contributed by atoms with E-state index in [1.54, 1.807) is 26.2 Å². The molecule has 1 saturated carbocycles. The van der Waals surface area contributed by atoms with Gasteiger partial charge in [0, 0.05) is 36.8 Å². The van der Waals surface area contributed by atoms with E-state index in [0.717, 1.165) is 11.3 Å². The van der Waals surface area contributed by atoms with Gasteiger partial charge in [-0.2, -0.15) is 5.10 Å². The highest BCUT2D eigenvalue weighted by Crippen LogP contribution is 2.41.